The number of nitrogens with zero attached hydrogens (tertiary/aromatic N) is 4. The number of methoxy groups -OCH3 is 1. The number of fused-ring (bicyclic) bond motifs is 1. The number of anilines is 1. The normalized spacial score (nSPS) is 13.3. The summed E-state index contributed by atoms with van der Waals surface area (Å²) >= 11 is 5.61. The molecule has 1 aliphatic heterocycles. The summed E-state index contributed by atoms with van der Waals surface area (Å²) in [6.45, 7) is 5.53. The summed E-state index contributed by atoms with van der Waals surface area (Å²) in [6.07, 6.45) is 0.677. The van der Waals surface area contributed by atoms with Gasteiger partial charge in [-0.15, -0.1) is 0 Å². The molecule has 6 aromatic carbocycles. The molecule has 0 radical (unpaired) electrons. The Bertz CT molecular complexity index is 2670. The Morgan fingerprint density at radius 3 is 1.80 bits per heavy atom. The van der Waals surface area contributed by atoms with Crippen LogP contribution < -0.4 is 14.4 Å². The summed E-state index contributed by atoms with van der Waals surface area (Å²) in [6, 6.07) is 58.6. The Balaban J connectivity index is 0.000000710. The third-order valence-corrected chi connectivity index (χ3v) is 16.6. The van der Waals surface area contributed by atoms with Gasteiger partial charge in [0.05, 0.1) is 26.0 Å². The van der Waals surface area contributed by atoms with Gasteiger partial charge in [-0.3, -0.25) is 4.57 Å². The minimum Gasteiger partial charge on any atom is -0.497 e. The molecule has 0 spiro atoms. The van der Waals surface area contributed by atoms with Gasteiger partial charge in [0.25, 0.3) is 0 Å². The van der Waals surface area contributed by atoms with Crippen LogP contribution in [-0.4, -0.2) is 67.4 Å². The van der Waals surface area contributed by atoms with Gasteiger partial charge in [0.15, 0.2) is 0 Å². The molecule has 0 saturated carbocycles. The minimum atomic E-state index is -2.70. The number of aliphatic hydroxyl groups excluding tert-OH is 1. The number of hydrogen-bond donors (Lipinski definition) is 1. The van der Waals surface area contributed by atoms with Gasteiger partial charge in [0, 0.05) is 30.5 Å². The molecule has 9 nitrogen and oxygen atoms in total. The van der Waals surface area contributed by atoms with Crippen LogP contribution in [0.3, 0.4) is 0 Å². The molecule has 1 N–H and O–H groups in total. The highest BCUT2D eigenvalue weighted by atomic mass is 35.7. The van der Waals surface area contributed by atoms with E-state index in [4.69, 9.17) is 30.4 Å². The molecule has 11 heteroatoms. The van der Waals surface area contributed by atoms with Gasteiger partial charge in [-0.1, -0.05) is 153 Å². The second-order valence-corrected chi connectivity index (χ2v) is 21.8. The molecule has 69 heavy (non-hydrogen) atoms. The zero-order valence-corrected chi connectivity index (χ0v) is 42.8. The third-order valence-electron chi connectivity index (χ3n) is 12.8. The van der Waals surface area contributed by atoms with E-state index in [1.807, 2.05) is 42.5 Å². The lowest BCUT2D eigenvalue weighted by molar-refractivity contribution is -0.000231. The van der Waals surface area contributed by atoms with Crippen LogP contribution in [0.4, 0.5) is 5.82 Å². The average Bonchev–Trinajstić information content (AvgIpc) is 3.86. The highest BCUT2D eigenvalue weighted by Gasteiger charge is 2.38. The fourth-order valence-corrected chi connectivity index (χ4v) is 9.75. The van der Waals surface area contributed by atoms with E-state index in [1.54, 1.807) is 35.3 Å². The Kier molecular flexibility index (Phi) is 17.2. The predicted octanol–water partition coefficient (Wildman–Crippen LogP) is 13.0. The predicted molar refractivity (Wildman–Crippen MR) is 282 cm³/mol. The first-order valence-corrected chi connectivity index (χ1v) is 26.2. The van der Waals surface area contributed by atoms with E-state index in [-0.39, 0.29) is 18.6 Å². The molecule has 0 amide bonds. The summed E-state index contributed by atoms with van der Waals surface area (Å²) in [5.41, 5.74) is 8.97. The van der Waals surface area contributed by atoms with Crippen molar-refractivity contribution in [2.24, 2.45) is 0 Å². The molecule has 0 unspecified atom stereocenters. The van der Waals surface area contributed by atoms with E-state index in [0.717, 1.165) is 74.8 Å². The lowest BCUT2D eigenvalue weighted by Gasteiger charge is -2.36. The maximum Gasteiger partial charge on any atom is 0.303 e. The summed E-state index contributed by atoms with van der Waals surface area (Å²) in [4.78, 5) is 7.89. The van der Waals surface area contributed by atoms with Gasteiger partial charge in [-0.2, -0.15) is 0 Å². The van der Waals surface area contributed by atoms with E-state index in [1.165, 1.54) is 20.5 Å². The molecule has 0 fully saturated rings. The van der Waals surface area contributed by atoms with E-state index < -0.39 is 18.5 Å². The highest BCUT2D eigenvalue weighted by Crippen LogP contribution is 2.54. The number of rotatable bonds is 18. The van der Waals surface area contributed by atoms with E-state index in [2.05, 4.69) is 153 Å². The van der Waals surface area contributed by atoms with Crippen molar-refractivity contribution in [2.75, 3.05) is 46.8 Å². The summed E-state index contributed by atoms with van der Waals surface area (Å²) in [7, 11) is 8.45. The lowest BCUT2D eigenvalue weighted by atomic mass is 9.80. The topological polar surface area (TPSA) is 87.6 Å². The molecule has 8 rings (SSSR count). The summed E-state index contributed by atoms with van der Waals surface area (Å²) < 4.78 is 33.5. The zero-order valence-electron chi connectivity index (χ0n) is 41.1. The maximum atomic E-state index is 12.4. The minimum absolute atomic E-state index is 0.169. The Morgan fingerprint density at radius 2 is 1.29 bits per heavy atom. The number of ether oxygens (including phenoxy) is 3. The lowest BCUT2D eigenvalue weighted by Crippen LogP contribution is -2.33. The molecular weight excluding hydrogens is 899 g/mol. The molecule has 0 bridgehead atoms. The van der Waals surface area contributed by atoms with Crippen molar-refractivity contribution >= 4 is 23.9 Å². The summed E-state index contributed by atoms with van der Waals surface area (Å²) in [5, 5.41) is 12.4. The van der Waals surface area contributed by atoms with Gasteiger partial charge < -0.3 is 24.2 Å². The molecular formula is C58H66ClN4O5P. The summed E-state index contributed by atoms with van der Waals surface area (Å²) in [5.74, 6) is 2.24. The van der Waals surface area contributed by atoms with Gasteiger partial charge in [-0.25, -0.2) is 14.3 Å². The van der Waals surface area contributed by atoms with Crippen LogP contribution in [0.2, 0.25) is 0 Å². The molecule has 1 aliphatic rings. The van der Waals surface area contributed by atoms with Crippen molar-refractivity contribution in [1.29, 1.82) is 0 Å². The van der Waals surface area contributed by atoms with Gasteiger partial charge in [-0.05, 0) is 128 Å². The van der Waals surface area contributed by atoms with Crippen molar-refractivity contribution in [3.05, 3.63) is 226 Å². The SMILES string of the molecule is CC[C@H](c1ccc(OC)cc1COC(c1ccccc1)(c1ccccc1)c1ccccc1)c1nc(N(Cc2ccccc2)C(C)C)ccc1[C@H](O)c1ccc2c(c1)OCC2.CN(C)P(=O)(Cl)N(C)C. The molecule has 1 aromatic heterocycles. The fourth-order valence-electron chi connectivity index (χ4n) is 9.03. The fraction of sp³-hybridized carbons (Fsp3) is 0.293. The van der Waals surface area contributed by atoms with Gasteiger partial charge in [0.2, 0.25) is 0 Å². The smallest absolute Gasteiger partial charge is 0.303 e. The quantitative estimate of drug-likeness (QED) is 0.0667. The Morgan fingerprint density at radius 1 is 0.739 bits per heavy atom. The van der Waals surface area contributed by atoms with Crippen LogP contribution in [0.1, 0.15) is 95.0 Å². The first-order valence-electron chi connectivity index (χ1n) is 23.7. The number of aliphatic hydroxyl groups is 1. The zero-order chi connectivity index (χ0) is 49.1. The van der Waals surface area contributed by atoms with Crippen molar-refractivity contribution in [3.63, 3.8) is 0 Å². The number of halogens is 1. The Labute approximate surface area is 414 Å². The highest BCUT2D eigenvalue weighted by molar-refractivity contribution is 7.85. The number of aromatic nitrogens is 1. The second-order valence-electron chi connectivity index (χ2n) is 18.0. The van der Waals surface area contributed by atoms with Crippen molar-refractivity contribution in [3.8, 4) is 11.5 Å². The van der Waals surface area contributed by atoms with E-state index in [9.17, 15) is 9.67 Å². The average molecular weight is 966 g/mol. The van der Waals surface area contributed by atoms with Crippen molar-refractivity contribution < 1.29 is 23.9 Å². The monoisotopic (exact) mass is 964 g/mol. The molecule has 2 atom stereocenters. The molecule has 0 saturated heterocycles. The Hall–Kier alpha value is -5.77. The van der Waals surface area contributed by atoms with Crippen LogP contribution in [0.25, 0.3) is 0 Å². The third kappa shape index (κ3) is 11.6. The largest absolute Gasteiger partial charge is 0.497 e. The maximum absolute atomic E-state index is 12.4. The van der Waals surface area contributed by atoms with E-state index in [0.29, 0.717) is 13.2 Å². The molecule has 2 heterocycles. The van der Waals surface area contributed by atoms with Crippen LogP contribution in [0.5, 0.6) is 11.5 Å². The van der Waals surface area contributed by atoms with Crippen LogP contribution >= 0.6 is 18.0 Å². The first kappa shape index (κ1) is 51.1. The van der Waals surface area contributed by atoms with Crippen LogP contribution in [-0.2, 0) is 34.5 Å². The van der Waals surface area contributed by atoms with Crippen molar-refractivity contribution in [2.45, 2.75) is 70.4 Å². The number of benzene rings is 6. The number of pyridine rings is 1. The van der Waals surface area contributed by atoms with Crippen LogP contribution in [0, 0.1) is 0 Å². The second kappa shape index (κ2) is 23.2. The molecule has 0 aliphatic carbocycles. The van der Waals surface area contributed by atoms with Gasteiger partial charge in [0.1, 0.15) is 29.0 Å². The molecule has 360 valence electrons. The number of hydrogen-bond acceptors (Lipinski definition) is 7. The van der Waals surface area contributed by atoms with Crippen LogP contribution in [0.15, 0.2) is 170 Å². The van der Waals surface area contributed by atoms with E-state index >= 15 is 0 Å². The molecule has 7 aromatic rings. The first-order chi connectivity index (χ1) is 33.3. The van der Waals surface area contributed by atoms with Gasteiger partial charge >= 0.3 is 6.80 Å². The van der Waals surface area contributed by atoms with Crippen molar-refractivity contribution in [1.82, 2.24) is 14.3 Å². The standard InChI is InChI=1S/C54H54N2O4.C4H12ClN2OP/c1-5-47(52-49(53(57)41-27-26-40-32-33-59-50(40)35-41)30-31-51(55-52)56(38(2)3)36-39-18-10-6-11-19-39)48-29-28-46(58-4)34-42(48)37-60-54(43-20-12-7-13-21-43,44-22-14-8-15-23-44)45-24-16-9-17-25-45;1-6(2)9(5,8)7(3)4/h6-31,34-35,38,47,53,57H,5,32-33,36-37H2,1-4H3;1-4H3/t47-,53-;/m1./s1.